The normalized spacial score (nSPS) is 15.9. The van der Waals surface area contributed by atoms with Crippen LogP contribution in [-0.4, -0.2) is 28.4 Å². The van der Waals surface area contributed by atoms with Crippen LogP contribution in [0.1, 0.15) is 38.4 Å². The van der Waals surface area contributed by atoms with Crippen LogP contribution in [0.3, 0.4) is 0 Å². The maximum Gasteiger partial charge on any atom is 0.227 e. The summed E-state index contributed by atoms with van der Waals surface area (Å²) in [5, 5.41) is 3.98. The third kappa shape index (κ3) is 3.88. The van der Waals surface area contributed by atoms with Crippen LogP contribution in [0.2, 0.25) is 0 Å². The second-order valence-electron chi connectivity index (χ2n) is 6.21. The fourth-order valence-corrected chi connectivity index (χ4v) is 3.55. The summed E-state index contributed by atoms with van der Waals surface area (Å²) in [5.74, 6) is 1.46. The fourth-order valence-electron chi connectivity index (χ4n) is 2.69. The molecule has 23 heavy (non-hydrogen) atoms. The number of nitrogens with one attached hydrogen (secondary N) is 1. The van der Waals surface area contributed by atoms with E-state index in [-0.39, 0.29) is 11.8 Å². The summed E-state index contributed by atoms with van der Waals surface area (Å²) in [5.41, 5.74) is 0.866. The highest BCUT2D eigenvalue weighted by Crippen LogP contribution is 2.27. The van der Waals surface area contributed by atoms with Gasteiger partial charge in [0.25, 0.3) is 0 Å². The van der Waals surface area contributed by atoms with Crippen molar-refractivity contribution in [2.75, 3.05) is 23.3 Å². The van der Waals surface area contributed by atoms with Crippen molar-refractivity contribution in [2.45, 2.75) is 32.6 Å². The van der Waals surface area contributed by atoms with Gasteiger partial charge in [-0.05, 0) is 25.0 Å². The molecular formula is C17H22N4OS. The van der Waals surface area contributed by atoms with Gasteiger partial charge in [-0.15, -0.1) is 0 Å². The van der Waals surface area contributed by atoms with E-state index in [1.807, 2.05) is 30.3 Å². The molecule has 1 saturated heterocycles. The Kier molecular flexibility index (Phi) is 4.91. The van der Waals surface area contributed by atoms with Gasteiger partial charge in [0.05, 0.1) is 0 Å². The molecule has 0 unspecified atom stereocenters. The molecule has 1 fully saturated rings. The highest BCUT2D eigenvalue weighted by Gasteiger charge is 2.26. The summed E-state index contributed by atoms with van der Waals surface area (Å²) in [6.45, 7) is 5.93. The quantitative estimate of drug-likeness (QED) is 0.932. The number of hydrogen-bond donors (Lipinski definition) is 1. The molecule has 0 spiro atoms. The van der Waals surface area contributed by atoms with Crippen molar-refractivity contribution in [2.24, 2.45) is 5.92 Å². The Morgan fingerprint density at radius 3 is 2.57 bits per heavy atom. The van der Waals surface area contributed by atoms with Gasteiger partial charge in [-0.3, -0.25) is 4.79 Å². The Bertz CT molecular complexity index is 648. The third-order valence-electron chi connectivity index (χ3n) is 4.13. The lowest BCUT2D eigenvalue weighted by Gasteiger charge is -2.30. The van der Waals surface area contributed by atoms with E-state index in [9.17, 15) is 4.79 Å². The van der Waals surface area contributed by atoms with Crippen molar-refractivity contribution < 1.29 is 4.79 Å². The average Bonchev–Trinajstić information content (AvgIpc) is 3.06. The first kappa shape index (κ1) is 15.9. The van der Waals surface area contributed by atoms with E-state index in [2.05, 4.69) is 33.4 Å². The molecule has 1 aromatic heterocycles. The zero-order valence-electron chi connectivity index (χ0n) is 13.5. The lowest BCUT2D eigenvalue weighted by Crippen LogP contribution is -2.38. The number of aromatic nitrogens is 2. The summed E-state index contributed by atoms with van der Waals surface area (Å²) in [6.07, 6.45) is 1.71. The van der Waals surface area contributed by atoms with Gasteiger partial charge in [0, 0.05) is 42.1 Å². The van der Waals surface area contributed by atoms with E-state index < -0.39 is 0 Å². The summed E-state index contributed by atoms with van der Waals surface area (Å²) in [4.78, 5) is 19.2. The Labute approximate surface area is 140 Å². The number of rotatable bonds is 4. The summed E-state index contributed by atoms with van der Waals surface area (Å²) in [6, 6.07) is 9.64. The summed E-state index contributed by atoms with van der Waals surface area (Å²) >= 11 is 1.46. The zero-order chi connectivity index (χ0) is 16.2. The van der Waals surface area contributed by atoms with Gasteiger partial charge >= 0.3 is 0 Å². The highest BCUT2D eigenvalue weighted by atomic mass is 32.1. The minimum Gasteiger partial charge on any atom is -0.347 e. The van der Waals surface area contributed by atoms with Gasteiger partial charge in [0.2, 0.25) is 11.0 Å². The predicted molar refractivity (Wildman–Crippen MR) is 94.0 cm³/mol. The molecule has 1 amide bonds. The molecule has 1 N–H and O–H groups in total. The number of nitrogens with zero attached hydrogens (tertiary/aromatic N) is 3. The van der Waals surface area contributed by atoms with Crippen LogP contribution in [0.4, 0.5) is 10.8 Å². The van der Waals surface area contributed by atoms with E-state index in [1.165, 1.54) is 11.5 Å². The van der Waals surface area contributed by atoms with E-state index in [4.69, 9.17) is 0 Å². The molecule has 0 aliphatic carbocycles. The molecule has 122 valence electrons. The first-order chi connectivity index (χ1) is 11.1. The zero-order valence-corrected chi connectivity index (χ0v) is 14.3. The van der Waals surface area contributed by atoms with Crippen LogP contribution < -0.4 is 10.2 Å². The molecule has 3 rings (SSSR count). The van der Waals surface area contributed by atoms with Gasteiger partial charge in [-0.1, -0.05) is 32.0 Å². The van der Waals surface area contributed by atoms with Gasteiger partial charge in [-0.25, -0.2) is 4.98 Å². The molecule has 0 radical (unpaired) electrons. The molecule has 2 heterocycles. The number of benzene rings is 1. The Morgan fingerprint density at radius 1 is 1.26 bits per heavy atom. The number of piperidine rings is 1. The molecule has 0 bridgehead atoms. The van der Waals surface area contributed by atoms with E-state index in [0.717, 1.165) is 42.6 Å². The lowest BCUT2D eigenvalue weighted by atomic mass is 9.96. The third-order valence-corrected chi connectivity index (χ3v) is 4.92. The maximum atomic E-state index is 12.3. The molecule has 1 aliphatic rings. The molecule has 0 atom stereocenters. The molecule has 0 saturated carbocycles. The van der Waals surface area contributed by atoms with Gasteiger partial charge in [0.1, 0.15) is 5.82 Å². The smallest absolute Gasteiger partial charge is 0.227 e. The largest absolute Gasteiger partial charge is 0.347 e. The average molecular weight is 330 g/mol. The number of carbonyl (C=O) groups excluding carboxylic acids is 1. The number of para-hydroxylation sites is 1. The second-order valence-corrected chi connectivity index (χ2v) is 6.94. The van der Waals surface area contributed by atoms with Gasteiger partial charge in [0.15, 0.2) is 0 Å². The van der Waals surface area contributed by atoms with Crippen LogP contribution >= 0.6 is 11.5 Å². The lowest BCUT2D eigenvalue weighted by molar-refractivity contribution is -0.120. The number of hydrogen-bond acceptors (Lipinski definition) is 5. The van der Waals surface area contributed by atoms with E-state index in [0.29, 0.717) is 5.92 Å². The Balaban J connectivity index is 1.54. The van der Waals surface area contributed by atoms with Crippen molar-refractivity contribution in [3.8, 4) is 0 Å². The first-order valence-electron chi connectivity index (χ1n) is 8.08. The fraction of sp³-hybridized carbons (Fsp3) is 0.471. The van der Waals surface area contributed by atoms with Crippen LogP contribution in [-0.2, 0) is 4.79 Å². The SMILES string of the molecule is CC(C)c1nsc(N2CCC(C(=O)Nc3ccccc3)CC2)n1. The maximum absolute atomic E-state index is 12.3. The van der Waals surface area contributed by atoms with Crippen molar-refractivity contribution in [1.29, 1.82) is 0 Å². The molecule has 1 aliphatic heterocycles. The highest BCUT2D eigenvalue weighted by molar-refractivity contribution is 7.09. The van der Waals surface area contributed by atoms with E-state index in [1.54, 1.807) is 0 Å². The van der Waals surface area contributed by atoms with Crippen molar-refractivity contribution in [3.05, 3.63) is 36.2 Å². The minimum absolute atomic E-state index is 0.0731. The number of amides is 1. The minimum atomic E-state index is 0.0731. The predicted octanol–water partition coefficient (Wildman–Crippen LogP) is 3.52. The van der Waals surface area contributed by atoms with Crippen LogP contribution in [0.15, 0.2) is 30.3 Å². The van der Waals surface area contributed by atoms with Crippen LogP contribution in [0, 0.1) is 5.92 Å². The van der Waals surface area contributed by atoms with Crippen LogP contribution in [0.25, 0.3) is 0 Å². The topological polar surface area (TPSA) is 58.1 Å². The van der Waals surface area contributed by atoms with E-state index >= 15 is 0 Å². The number of carbonyl (C=O) groups is 1. The monoisotopic (exact) mass is 330 g/mol. The molecular weight excluding hydrogens is 308 g/mol. The molecule has 5 nitrogen and oxygen atoms in total. The molecule has 2 aromatic rings. The molecule has 1 aromatic carbocycles. The first-order valence-corrected chi connectivity index (χ1v) is 8.85. The number of anilines is 2. The van der Waals surface area contributed by atoms with Crippen molar-refractivity contribution in [1.82, 2.24) is 9.36 Å². The van der Waals surface area contributed by atoms with Gasteiger partial charge in [-0.2, -0.15) is 4.37 Å². The van der Waals surface area contributed by atoms with Crippen molar-refractivity contribution >= 4 is 28.3 Å². The van der Waals surface area contributed by atoms with Gasteiger partial charge < -0.3 is 10.2 Å². The van der Waals surface area contributed by atoms with Crippen molar-refractivity contribution in [3.63, 3.8) is 0 Å². The standard InChI is InChI=1S/C17H22N4OS/c1-12(2)15-19-17(23-20-15)21-10-8-13(9-11-21)16(22)18-14-6-4-3-5-7-14/h3-7,12-13H,8-11H2,1-2H3,(H,18,22). The summed E-state index contributed by atoms with van der Waals surface area (Å²) < 4.78 is 4.41. The molecule has 6 heteroatoms. The Hall–Kier alpha value is -1.95. The second kappa shape index (κ2) is 7.08. The summed E-state index contributed by atoms with van der Waals surface area (Å²) in [7, 11) is 0. The van der Waals surface area contributed by atoms with Crippen LogP contribution in [0.5, 0.6) is 0 Å². The Morgan fingerprint density at radius 2 is 1.96 bits per heavy atom.